The quantitative estimate of drug-likeness (QED) is 0.566. The van der Waals surface area contributed by atoms with Crippen LogP contribution in [0.5, 0.6) is 11.5 Å². The number of halogens is 1. The number of carbonyl (C=O) groups excluding carboxylic acids is 1. The molecule has 0 aliphatic heterocycles. The number of hydrogen-bond donors (Lipinski definition) is 0. The average Bonchev–Trinajstić information content (AvgIpc) is 2.57. The highest BCUT2D eigenvalue weighted by Crippen LogP contribution is 2.21. The van der Waals surface area contributed by atoms with Crippen LogP contribution in [0.2, 0.25) is 0 Å². The highest BCUT2D eigenvalue weighted by atomic mass is 79.9. The Balaban J connectivity index is 0.000000970. The maximum absolute atomic E-state index is 11.9. The van der Waals surface area contributed by atoms with E-state index in [4.69, 9.17) is 9.47 Å². The molecule has 0 amide bonds. The number of hydrogen-bond acceptors (Lipinski definition) is 4. The molecule has 0 N–H and O–H groups in total. The summed E-state index contributed by atoms with van der Waals surface area (Å²) in [5.41, 5.74) is 0.185. The summed E-state index contributed by atoms with van der Waals surface area (Å²) in [5, 5.41) is 1.22. The molecule has 0 saturated heterocycles. The molecular weight excluding hydrogens is 382 g/mol. The van der Waals surface area contributed by atoms with Crippen molar-refractivity contribution in [2.24, 2.45) is 0 Å². The van der Waals surface area contributed by atoms with Gasteiger partial charge in [-0.3, -0.25) is 0 Å². The number of esters is 1. The van der Waals surface area contributed by atoms with Crippen molar-refractivity contribution in [1.82, 2.24) is 4.98 Å². The zero-order valence-electron chi connectivity index (χ0n) is 14.7. The van der Waals surface area contributed by atoms with Crippen molar-refractivity contribution in [1.29, 1.82) is 0 Å². The summed E-state index contributed by atoms with van der Waals surface area (Å²) in [5.74, 6) is 0.690. The third-order valence-corrected chi connectivity index (χ3v) is 3.44. The van der Waals surface area contributed by atoms with Crippen LogP contribution < -0.4 is 15.3 Å². The van der Waals surface area contributed by atoms with E-state index in [1.54, 1.807) is 19.1 Å². The van der Waals surface area contributed by atoms with E-state index in [1.807, 2.05) is 44.2 Å². The topological polar surface area (TPSA) is 48.4 Å². The molecule has 0 aliphatic rings. The number of allylic oxidation sites excluding steroid dienone is 1. The van der Waals surface area contributed by atoms with Gasteiger partial charge in [-0.1, -0.05) is 34.7 Å². The highest BCUT2D eigenvalue weighted by Gasteiger charge is 2.12. The zero-order chi connectivity index (χ0) is 18.8. The summed E-state index contributed by atoms with van der Waals surface area (Å²) in [6, 6.07) is 8.99. The van der Waals surface area contributed by atoms with Gasteiger partial charge in [-0.2, -0.15) is 0 Å². The van der Waals surface area contributed by atoms with E-state index >= 15 is 0 Å². The fourth-order valence-electron chi connectivity index (χ4n) is 1.91. The van der Waals surface area contributed by atoms with Crippen LogP contribution in [-0.4, -0.2) is 17.6 Å². The van der Waals surface area contributed by atoms with E-state index in [0.717, 1.165) is 9.69 Å². The number of rotatable bonds is 4. The van der Waals surface area contributed by atoms with E-state index in [0.29, 0.717) is 16.8 Å². The van der Waals surface area contributed by atoms with E-state index < -0.39 is 5.97 Å². The van der Waals surface area contributed by atoms with E-state index in [-0.39, 0.29) is 12.3 Å². The average molecular weight is 404 g/mol. The third kappa shape index (κ3) is 6.19. The molecule has 5 heteroatoms. The SMILES string of the molecule is C=CC.C=c1nc(C(=O)OCC)cc(Oc2ccc(Br)cc2)/c1=C/C. The fraction of sp³-hybridized carbons (Fsp3) is 0.200. The molecule has 4 nitrogen and oxygen atoms in total. The van der Waals surface area contributed by atoms with Crippen LogP contribution in [0.15, 0.2) is 47.5 Å². The molecule has 2 rings (SSSR count). The smallest absolute Gasteiger partial charge is 0.357 e. The first-order valence-corrected chi connectivity index (χ1v) is 8.60. The lowest BCUT2D eigenvalue weighted by Crippen LogP contribution is -2.30. The molecule has 0 bridgehead atoms. The van der Waals surface area contributed by atoms with Crippen molar-refractivity contribution in [2.45, 2.75) is 20.8 Å². The van der Waals surface area contributed by atoms with Gasteiger partial charge in [0.1, 0.15) is 11.5 Å². The molecule has 0 radical (unpaired) electrons. The predicted molar refractivity (Wildman–Crippen MR) is 105 cm³/mol. The number of pyridine rings is 1. The van der Waals surface area contributed by atoms with Crippen molar-refractivity contribution >= 4 is 34.6 Å². The Morgan fingerprint density at radius 2 is 1.88 bits per heavy atom. The van der Waals surface area contributed by atoms with Gasteiger partial charge in [0.05, 0.1) is 12.0 Å². The summed E-state index contributed by atoms with van der Waals surface area (Å²) in [7, 11) is 0. The van der Waals surface area contributed by atoms with E-state index in [1.165, 1.54) is 0 Å². The largest absolute Gasteiger partial charge is 0.461 e. The van der Waals surface area contributed by atoms with Crippen molar-refractivity contribution in [3.8, 4) is 11.5 Å². The molecule has 0 aliphatic carbocycles. The summed E-state index contributed by atoms with van der Waals surface area (Å²) in [6.07, 6.45) is 3.60. The molecule has 2 aromatic rings. The second-order valence-electron chi connectivity index (χ2n) is 4.84. The number of ether oxygens (including phenoxy) is 2. The lowest BCUT2D eigenvalue weighted by atomic mass is 10.2. The first-order valence-electron chi connectivity index (χ1n) is 7.80. The monoisotopic (exact) mass is 403 g/mol. The Bertz CT molecular complexity index is 829. The first-order chi connectivity index (χ1) is 12.0. The van der Waals surface area contributed by atoms with Gasteiger partial charge >= 0.3 is 5.97 Å². The van der Waals surface area contributed by atoms with Gasteiger partial charge in [0.2, 0.25) is 0 Å². The zero-order valence-corrected chi connectivity index (χ0v) is 16.3. The second kappa shape index (κ2) is 10.5. The van der Waals surface area contributed by atoms with Crippen LogP contribution in [0, 0.1) is 0 Å². The van der Waals surface area contributed by atoms with Crippen molar-refractivity contribution < 1.29 is 14.3 Å². The van der Waals surface area contributed by atoms with Crippen LogP contribution in [0.3, 0.4) is 0 Å². The van der Waals surface area contributed by atoms with Gasteiger partial charge in [0.25, 0.3) is 0 Å². The Kier molecular flexibility index (Phi) is 8.64. The van der Waals surface area contributed by atoms with Crippen molar-refractivity contribution in [3.05, 3.63) is 63.7 Å². The van der Waals surface area contributed by atoms with Gasteiger partial charge in [0.15, 0.2) is 5.69 Å². The lowest BCUT2D eigenvalue weighted by molar-refractivity contribution is 0.0518. The lowest BCUT2D eigenvalue weighted by Gasteiger charge is -2.09. The fourth-order valence-corrected chi connectivity index (χ4v) is 2.18. The summed E-state index contributed by atoms with van der Waals surface area (Å²) < 4.78 is 11.8. The molecule has 1 heterocycles. The standard InChI is InChI=1S/C17H16BrNO3.C3H6/c1-4-14-11(3)19-15(17(20)21-5-2)10-16(14)22-13-8-6-12(18)7-9-13;1-3-2/h4,6-10H,3,5H2,1-2H3;3H,1H2,2H3/b14-4+;. The van der Waals surface area contributed by atoms with Gasteiger partial charge in [0, 0.05) is 15.8 Å². The second-order valence-corrected chi connectivity index (χ2v) is 5.76. The molecule has 1 aromatic heterocycles. The van der Waals surface area contributed by atoms with Crippen LogP contribution >= 0.6 is 15.9 Å². The molecule has 25 heavy (non-hydrogen) atoms. The Morgan fingerprint density at radius 3 is 2.40 bits per heavy atom. The minimum absolute atomic E-state index is 0.185. The Morgan fingerprint density at radius 1 is 1.28 bits per heavy atom. The van der Waals surface area contributed by atoms with Gasteiger partial charge in [-0.05, 0) is 45.0 Å². The van der Waals surface area contributed by atoms with Crippen LogP contribution in [0.25, 0.3) is 12.7 Å². The molecule has 0 spiro atoms. The number of benzene rings is 1. The molecular formula is C20H22BrNO3. The predicted octanol–water partition coefficient (Wildman–Crippen LogP) is 4.22. The molecule has 1 aromatic carbocycles. The van der Waals surface area contributed by atoms with E-state index in [9.17, 15) is 4.79 Å². The van der Waals surface area contributed by atoms with Gasteiger partial charge in [-0.15, -0.1) is 6.58 Å². The minimum atomic E-state index is -0.490. The van der Waals surface area contributed by atoms with Crippen LogP contribution in [0.4, 0.5) is 0 Å². The maximum atomic E-state index is 11.9. The minimum Gasteiger partial charge on any atom is -0.461 e. The number of aromatic nitrogens is 1. The molecule has 132 valence electrons. The highest BCUT2D eigenvalue weighted by molar-refractivity contribution is 9.10. The number of nitrogens with zero attached hydrogens (tertiary/aromatic N) is 1. The van der Waals surface area contributed by atoms with Crippen molar-refractivity contribution in [2.75, 3.05) is 6.61 Å². The van der Waals surface area contributed by atoms with Crippen LogP contribution in [-0.2, 0) is 4.74 Å². The molecule has 0 fully saturated rings. The Labute approximate surface area is 156 Å². The molecule has 0 saturated carbocycles. The Hall–Kier alpha value is -2.40. The first kappa shape index (κ1) is 20.6. The number of carbonyl (C=O) groups is 1. The van der Waals surface area contributed by atoms with Crippen LogP contribution in [0.1, 0.15) is 31.3 Å². The summed E-state index contributed by atoms with van der Waals surface area (Å²) >= 11 is 3.38. The molecule has 0 unspecified atom stereocenters. The third-order valence-electron chi connectivity index (χ3n) is 2.91. The van der Waals surface area contributed by atoms with Crippen molar-refractivity contribution in [3.63, 3.8) is 0 Å². The van der Waals surface area contributed by atoms with E-state index in [2.05, 4.69) is 34.1 Å². The molecule has 0 atom stereocenters. The summed E-state index contributed by atoms with van der Waals surface area (Å²) in [6.45, 7) is 13.0. The maximum Gasteiger partial charge on any atom is 0.357 e. The summed E-state index contributed by atoms with van der Waals surface area (Å²) in [4.78, 5) is 16.0. The van der Waals surface area contributed by atoms with Gasteiger partial charge in [-0.25, -0.2) is 9.78 Å². The van der Waals surface area contributed by atoms with Gasteiger partial charge < -0.3 is 9.47 Å². The normalized spacial score (nSPS) is 10.5.